The van der Waals surface area contributed by atoms with Gasteiger partial charge in [0, 0.05) is 5.69 Å². The third-order valence-corrected chi connectivity index (χ3v) is 1.64. The van der Waals surface area contributed by atoms with Crippen LogP contribution in [0.5, 0.6) is 0 Å². The summed E-state index contributed by atoms with van der Waals surface area (Å²) >= 11 is 0. The van der Waals surface area contributed by atoms with Gasteiger partial charge in [-0.1, -0.05) is 13.0 Å². The molecule has 64 valence electrons. The number of ketones is 1. The van der Waals surface area contributed by atoms with Crippen LogP contribution in [0.2, 0.25) is 0 Å². The molecule has 0 saturated carbocycles. The largest absolute Gasteiger partial charge is 0.324 e. The number of nitrogens with zero attached hydrogens (tertiary/aromatic N) is 1. The highest BCUT2D eigenvalue weighted by Crippen LogP contribution is 2.00. The molecule has 3 heteroatoms. The van der Waals surface area contributed by atoms with Crippen LogP contribution in [0.4, 0.5) is 0 Å². The summed E-state index contributed by atoms with van der Waals surface area (Å²) in [5.41, 5.74) is 6.60. The van der Waals surface area contributed by atoms with Crippen LogP contribution in [0.1, 0.15) is 23.1 Å². The third-order valence-electron chi connectivity index (χ3n) is 1.64. The second kappa shape index (κ2) is 3.97. The van der Waals surface area contributed by atoms with Crippen LogP contribution >= 0.6 is 0 Å². The van der Waals surface area contributed by atoms with Gasteiger partial charge in [0.1, 0.15) is 5.69 Å². The first-order valence-corrected chi connectivity index (χ1v) is 3.97. The molecule has 1 aromatic heterocycles. The molecule has 0 aliphatic rings. The number of pyridine rings is 1. The molecule has 12 heavy (non-hydrogen) atoms. The van der Waals surface area contributed by atoms with Crippen molar-refractivity contribution in [2.75, 3.05) is 6.54 Å². The zero-order valence-electron chi connectivity index (χ0n) is 7.08. The summed E-state index contributed by atoms with van der Waals surface area (Å²) in [6.07, 6.45) is 0.839. The van der Waals surface area contributed by atoms with E-state index in [1.165, 1.54) is 0 Å². The second-order valence-corrected chi connectivity index (χ2v) is 2.50. The number of Topliss-reactive ketones (excluding diaryl/α,β-unsaturated/α-hetero) is 1. The van der Waals surface area contributed by atoms with E-state index in [0.717, 1.165) is 12.1 Å². The van der Waals surface area contributed by atoms with Gasteiger partial charge in [-0.2, -0.15) is 0 Å². The number of nitrogens with two attached hydrogens (primary N) is 1. The molecule has 0 aliphatic heterocycles. The second-order valence-electron chi connectivity index (χ2n) is 2.50. The van der Waals surface area contributed by atoms with E-state index in [9.17, 15) is 4.79 Å². The van der Waals surface area contributed by atoms with Gasteiger partial charge in [0.05, 0.1) is 6.54 Å². The van der Waals surface area contributed by atoms with Gasteiger partial charge in [-0.15, -0.1) is 0 Å². The van der Waals surface area contributed by atoms with Crippen LogP contribution in [-0.2, 0) is 6.42 Å². The Labute approximate surface area is 71.6 Å². The number of aromatic nitrogens is 1. The van der Waals surface area contributed by atoms with Gasteiger partial charge in [-0.3, -0.25) is 4.79 Å². The summed E-state index contributed by atoms with van der Waals surface area (Å²) in [4.78, 5) is 15.2. The van der Waals surface area contributed by atoms with Crippen molar-refractivity contribution in [3.63, 3.8) is 0 Å². The lowest BCUT2D eigenvalue weighted by Gasteiger charge is -1.99. The SMILES string of the molecule is CCc1cccc(C(=O)CN)n1. The molecular formula is C9H12N2O. The summed E-state index contributed by atoms with van der Waals surface area (Å²) < 4.78 is 0. The lowest BCUT2D eigenvalue weighted by molar-refractivity contribution is 0.0996. The Morgan fingerprint density at radius 2 is 2.33 bits per heavy atom. The van der Waals surface area contributed by atoms with Crippen LogP contribution in [0, 0.1) is 0 Å². The van der Waals surface area contributed by atoms with E-state index in [4.69, 9.17) is 5.73 Å². The maximum atomic E-state index is 11.1. The fourth-order valence-corrected chi connectivity index (χ4v) is 0.936. The predicted molar refractivity (Wildman–Crippen MR) is 47.0 cm³/mol. The molecule has 2 N–H and O–H groups in total. The molecule has 1 rings (SSSR count). The Morgan fingerprint density at radius 1 is 1.58 bits per heavy atom. The van der Waals surface area contributed by atoms with Crippen LogP contribution in [0.25, 0.3) is 0 Å². The Balaban J connectivity index is 2.93. The summed E-state index contributed by atoms with van der Waals surface area (Å²) in [5.74, 6) is -0.106. The van der Waals surface area contributed by atoms with Gasteiger partial charge in [-0.05, 0) is 18.6 Å². The van der Waals surface area contributed by atoms with Crippen molar-refractivity contribution in [2.24, 2.45) is 5.73 Å². The number of hydrogen-bond acceptors (Lipinski definition) is 3. The normalized spacial score (nSPS) is 9.83. The quantitative estimate of drug-likeness (QED) is 0.672. The Morgan fingerprint density at radius 3 is 2.92 bits per heavy atom. The Bertz CT molecular complexity index is 284. The molecule has 0 unspecified atom stereocenters. The maximum Gasteiger partial charge on any atom is 0.194 e. The van der Waals surface area contributed by atoms with Crippen LogP contribution in [-0.4, -0.2) is 17.3 Å². The van der Waals surface area contributed by atoms with Crippen molar-refractivity contribution in [3.8, 4) is 0 Å². The van der Waals surface area contributed by atoms with E-state index in [1.54, 1.807) is 6.07 Å². The fourth-order valence-electron chi connectivity index (χ4n) is 0.936. The highest BCUT2D eigenvalue weighted by molar-refractivity contribution is 5.95. The lowest BCUT2D eigenvalue weighted by atomic mass is 10.2. The zero-order chi connectivity index (χ0) is 8.97. The first kappa shape index (κ1) is 8.87. The average Bonchev–Trinajstić information content (AvgIpc) is 2.17. The van der Waals surface area contributed by atoms with E-state index >= 15 is 0 Å². The van der Waals surface area contributed by atoms with Crippen LogP contribution in [0.3, 0.4) is 0 Å². The molecule has 0 spiro atoms. The van der Waals surface area contributed by atoms with Crippen LogP contribution in [0.15, 0.2) is 18.2 Å². The van der Waals surface area contributed by atoms with Gasteiger partial charge in [0.25, 0.3) is 0 Å². The Kier molecular flexibility index (Phi) is 2.94. The maximum absolute atomic E-state index is 11.1. The highest BCUT2D eigenvalue weighted by atomic mass is 16.1. The van der Waals surface area contributed by atoms with Crippen molar-refractivity contribution in [2.45, 2.75) is 13.3 Å². The standard InChI is InChI=1S/C9H12N2O/c1-2-7-4-3-5-8(11-7)9(12)6-10/h3-5H,2,6,10H2,1H3. The van der Waals surface area contributed by atoms with E-state index in [0.29, 0.717) is 5.69 Å². The first-order chi connectivity index (χ1) is 5.77. The van der Waals surface area contributed by atoms with Crippen molar-refractivity contribution >= 4 is 5.78 Å². The van der Waals surface area contributed by atoms with Gasteiger partial charge in [-0.25, -0.2) is 4.98 Å². The molecular weight excluding hydrogens is 152 g/mol. The van der Waals surface area contributed by atoms with E-state index in [2.05, 4.69) is 4.98 Å². The Hall–Kier alpha value is -1.22. The molecule has 1 heterocycles. The van der Waals surface area contributed by atoms with E-state index < -0.39 is 0 Å². The number of hydrogen-bond donors (Lipinski definition) is 1. The molecule has 0 aromatic carbocycles. The van der Waals surface area contributed by atoms with Gasteiger partial charge < -0.3 is 5.73 Å². The molecule has 0 radical (unpaired) electrons. The van der Waals surface area contributed by atoms with Crippen molar-refractivity contribution in [1.29, 1.82) is 0 Å². The van der Waals surface area contributed by atoms with Gasteiger partial charge in [0.2, 0.25) is 0 Å². The van der Waals surface area contributed by atoms with Gasteiger partial charge in [0.15, 0.2) is 5.78 Å². The smallest absolute Gasteiger partial charge is 0.194 e. The van der Waals surface area contributed by atoms with Crippen molar-refractivity contribution in [3.05, 3.63) is 29.6 Å². The molecule has 3 nitrogen and oxygen atoms in total. The predicted octanol–water partition coefficient (Wildman–Crippen LogP) is 0.785. The highest BCUT2D eigenvalue weighted by Gasteiger charge is 2.03. The molecule has 1 aromatic rings. The molecule has 0 bridgehead atoms. The number of rotatable bonds is 3. The molecule has 0 atom stereocenters. The summed E-state index contributed by atoms with van der Waals surface area (Å²) in [6, 6.07) is 5.41. The van der Waals surface area contributed by atoms with E-state index in [1.807, 2.05) is 19.1 Å². The minimum atomic E-state index is -0.106. The molecule has 0 saturated heterocycles. The fraction of sp³-hybridized carbons (Fsp3) is 0.333. The minimum absolute atomic E-state index is 0.0279. The lowest BCUT2D eigenvalue weighted by Crippen LogP contribution is -2.15. The number of carbonyl (C=O) groups excluding carboxylic acids is 1. The van der Waals surface area contributed by atoms with E-state index in [-0.39, 0.29) is 12.3 Å². The summed E-state index contributed by atoms with van der Waals surface area (Å²) in [6.45, 7) is 2.03. The summed E-state index contributed by atoms with van der Waals surface area (Å²) in [7, 11) is 0. The third kappa shape index (κ3) is 1.89. The average molecular weight is 164 g/mol. The summed E-state index contributed by atoms with van der Waals surface area (Å²) in [5, 5.41) is 0. The first-order valence-electron chi connectivity index (χ1n) is 3.97. The molecule has 0 fully saturated rings. The number of aryl methyl sites for hydroxylation is 1. The molecule has 0 amide bonds. The topological polar surface area (TPSA) is 56.0 Å². The number of carbonyl (C=O) groups is 1. The van der Waals surface area contributed by atoms with Crippen LogP contribution < -0.4 is 5.73 Å². The van der Waals surface area contributed by atoms with Crippen molar-refractivity contribution in [1.82, 2.24) is 4.98 Å². The zero-order valence-corrected chi connectivity index (χ0v) is 7.08. The van der Waals surface area contributed by atoms with Gasteiger partial charge >= 0.3 is 0 Å². The van der Waals surface area contributed by atoms with Crippen molar-refractivity contribution < 1.29 is 4.79 Å². The minimum Gasteiger partial charge on any atom is -0.324 e. The molecule has 0 aliphatic carbocycles. The monoisotopic (exact) mass is 164 g/mol.